The first-order chi connectivity index (χ1) is 34.7. The highest BCUT2D eigenvalue weighted by molar-refractivity contribution is 9.39. The largest absolute Gasteiger partial charge is 0.422 e. The lowest BCUT2D eigenvalue weighted by Gasteiger charge is -2.46. The predicted molar refractivity (Wildman–Crippen MR) is 235 cm³/mol. The van der Waals surface area contributed by atoms with Crippen LogP contribution in [-0.2, 0) is 60.7 Å². The molecule has 416 valence electrons. The highest BCUT2D eigenvalue weighted by atomic mass is 80.0. The number of ether oxygens (including phenoxy) is 1. The zero-order valence-corrected chi connectivity index (χ0v) is 41.5. The molecular formula is C45H22BBr3F24N2O2. The van der Waals surface area contributed by atoms with E-state index >= 15 is 0 Å². The van der Waals surface area contributed by atoms with Crippen molar-refractivity contribution in [1.29, 1.82) is 0 Å². The lowest BCUT2D eigenvalue weighted by molar-refractivity contribution is -0.689. The zero-order valence-electron chi connectivity index (χ0n) is 36.7. The quantitative estimate of drug-likeness (QED) is 0.0526. The molecule has 77 heavy (non-hydrogen) atoms. The van der Waals surface area contributed by atoms with Crippen molar-refractivity contribution >= 4 is 81.8 Å². The van der Waals surface area contributed by atoms with Gasteiger partial charge in [0, 0.05) is 5.56 Å². The van der Waals surface area contributed by atoms with E-state index in [9.17, 15) is 110 Å². The summed E-state index contributed by atoms with van der Waals surface area (Å²) in [5.41, 5.74) is -28.8. The molecule has 32 heteroatoms. The van der Waals surface area contributed by atoms with E-state index in [1.807, 2.05) is 34.9 Å². The average Bonchev–Trinajstić information content (AvgIpc) is 3.27. The summed E-state index contributed by atoms with van der Waals surface area (Å²) < 4.78 is 347. The van der Waals surface area contributed by atoms with Gasteiger partial charge in [-0.1, -0.05) is 78.9 Å². The Labute approximate surface area is 440 Å². The standard InChI is InChI=1S/C32H12BF24.C13H10Br3N2O2/c34-25(35,36)13-1-14(26(37,38)39)6-21(5-13)33(22-7-15(27(40,41)42)2-16(8-22)28(43,44)45,23-9-17(29(46,47)48)3-18(10-23)30(49,50)51)24-11-19(31(52,53)54)4-20(12-24)32(55,56)57;14-13(15,16)20-12(19)11-9-18(7-6-17-11)8-10-4-2-1-3-5-10/h1-12H;1-7,9H,8H2/q-1;+1. The summed E-state index contributed by atoms with van der Waals surface area (Å²) >= 11 is 9.31. The van der Waals surface area contributed by atoms with Crippen LogP contribution < -0.4 is 26.4 Å². The van der Waals surface area contributed by atoms with E-state index in [1.165, 1.54) is 0 Å². The molecule has 1 aromatic heterocycles. The highest BCUT2D eigenvalue weighted by Crippen LogP contribution is 2.42. The molecule has 0 unspecified atom stereocenters. The third kappa shape index (κ3) is 15.6. The normalized spacial score (nSPS) is 13.5. The van der Waals surface area contributed by atoms with E-state index in [1.54, 1.807) is 18.6 Å². The van der Waals surface area contributed by atoms with Crippen LogP contribution in [0.25, 0.3) is 0 Å². The van der Waals surface area contributed by atoms with E-state index in [4.69, 9.17) is 4.74 Å². The van der Waals surface area contributed by atoms with Crippen LogP contribution >= 0.6 is 47.8 Å². The van der Waals surface area contributed by atoms with Gasteiger partial charge < -0.3 is 4.74 Å². The number of hydrogen-bond acceptors (Lipinski definition) is 3. The topological polar surface area (TPSA) is 43.1 Å². The predicted octanol–water partition coefficient (Wildman–Crippen LogP) is 14.6. The number of benzene rings is 5. The van der Waals surface area contributed by atoms with Gasteiger partial charge in [-0.3, -0.25) is 0 Å². The van der Waals surface area contributed by atoms with Crippen molar-refractivity contribution in [2.45, 2.75) is 58.3 Å². The summed E-state index contributed by atoms with van der Waals surface area (Å²) in [5, 5.41) is 0. The lowest BCUT2D eigenvalue weighted by Crippen LogP contribution is -2.75. The van der Waals surface area contributed by atoms with E-state index in [2.05, 4.69) is 52.8 Å². The Morgan fingerprint density at radius 3 is 0.922 bits per heavy atom. The smallest absolute Gasteiger partial charge is 0.416 e. The first-order valence-corrected chi connectivity index (χ1v) is 22.6. The Morgan fingerprint density at radius 1 is 0.429 bits per heavy atom. The lowest BCUT2D eigenvalue weighted by atomic mass is 9.12. The molecule has 0 atom stereocenters. The molecule has 0 radical (unpaired) electrons. The molecule has 0 aliphatic rings. The number of hydrogen-bond donors (Lipinski definition) is 0. The average molecular weight is 1330 g/mol. The summed E-state index contributed by atoms with van der Waals surface area (Å²) in [6, 6.07) is 1.14. The maximum atomic E-state index is 14.2. The van der Waals surface area contributed by atoms with Crippen molar-refractivity contribution in [3.8, 4) is 0 Å². The Bertz CT molecular complexity index is 2670. The second-order valence-corrected chi connectivity index (χ2v) is 22.7. The van der Waals surface area contributed by atoms with E-state index in [0.29, 0.717) is 6.54 Å². The molecule has 6 rings (SSSR count). The van der Waals surface area contributed by atoms with Crippen molar-refractivity contribution < 1.29 is 119 Å². The fourth-order valence-electron chi connectivity index (χ4n) is 7.66. The molecule has 6 aromatic rings. The number of rotatable bonds is 7. The van der Waals surface area contributed by atoms with Crippen molar-refractivity contribution in [2.75, 3.05) is 0 Å². The summed E-state index contributed by atoms with van der Waals surface area (Å²) in [4.78, 5) is 15.9. The van der Waals surface area contributed by atoms with Gasteiger partial charge in [-0.2, -0.15) is 132 Å². The fourth-order valence-corrected chi connectivity index (χ4v) is 8.10. The van der Waals surface area contributed by atoms with Gasteiger partial charge in [-0.05, 0) is 72.1 Å². The Balaban J connectivity index is 0.000000455. The van der Waals surface area contributed by atoms with Gasteiger partial charge in [0.2, 0.25) is 11.9 Å². The van der Waals surface area contributed by atoms with Crippen molar-refractivity contribution in [3.63, 3.8) is 0 Å². The van der Waals surface area contributed by atoms with Gasteiger partial charge >= 0.3 is 55.4 Å². The summed E-state index contributed by atoms with van der Waals surface area (Å²) in [6.07, 6.45) is -49.8. The molecule has 0 bridgehead atoms. The number of alkyl halides is 27. The number of halogens is 27. The van der Waals surface area contributed by atoms with Crippen LogP contribution in [0.2, 0.25) is 0 Å². The molecule has 0 saturated carbocycles. The molecule has 0 aliphatic heterocycles. The molecule has 0 aliphatic carbocycles. The second kappa shape index (κ2) is 21.6. The Morgan fingerprint density at radius 2 is 0.688 bits per heavy atom. The monoisotopic (exact) mass is 1330 g/mol. The van der Waals surface area contributed by atoms with Gasteiger partial charge in [-0.25, -0.2) is 9.78 Å². The third-order valence-corrected chi connectivity index (χ3v) is 11.3. The van der Waals surface area contributed by atoms with E-state index < -0.39 is 203 Å². The molecule has 0 fully saturated rings. The minimum Gasteiger partial charge on any atom is -0.422 e. The van der Waals surface area contributed by atoms with Crippen LogP contribution in [-0.4, -0.2) is 19.4 Å². The summed E-state index contributed by atoms with van der Waals surface area (Å²) in [7, 11) is 0. The molecule has 0 N–H and O–H groups in total. The summed E-state index contributed by atoms with van der Waals surface area (Å²) in [5.74, 6) is -0.543. The number of nitrogens with zero attached hydrogens (tertiary/aromatic N) is 2. The SMILES string of the molecule is FC(F)(F)c1cc([B-](c2cc(C(F)(F)F)cc(C(F)(F)F)c2)(c2cc(C(F)(F)F)cc(C(F)(F)F)c2)c2cc(C(F)(F)F)cc(C(F)(F)F)c2)cc(C(F)(F)F)c1.O=C(OC(Br)(Br)Br)c1c[n+](Cc2ccccc2)ccn1. The number of aromatic nitrogens is 2. The van der Waals surface area contributed by atoms with Crippen molar-refractivity contribution in [3.05, 3.63) is 177 Å². The Hall–Kier alpha value is -5.53. The first kappa shape index (κ1) is 62.3. The van der Waals surface area contributed by atoms with Crippen LogP contribution in [0.4, 0.5) is 105 Å². The maximum absolute atomic E-state index is 14.2. The number of carbonyl (C=O) groups excluding carboxylic acids is 1. The number of carbonyl (C=O) groups is 1. The van der Waals surface area contributed by atoms with Gasteiger partial charge in [0.1, 0.15) is 6.15 Å². The minimum absolute atomic E-state index is 0.228. The zero-order chi connectivity index (χ0) is 58.5. The van der Waals surface area contributed by atoms with E-state index in [-0.39, 0.29) is 5.69 Å². The van der Waals surface area contributed by atoms with Gasteiger partial charge in [0.25, 0.3) is 2.33 Å². The highest BCUT2D eigenvalue weighted by Gasteiger charge is 2.47. The van der Waals surface area contributed by atoms with Crippen LogP contribution in [0.1, 0.15) is 60.6 Å². The minimum atomic E-state index is -6.13. The first-order valence-electron chi connectivity index (χ1n) is 20.2. The summed E-state index contributed by atoms with van der Waals surface area (Å²) in [6.45, 7) is 0.658. The second-order valence-electron chi connectivity index (χ2n) is 16.2. The van der Waals surface area contributed by atoms with Crippen molar-refractivity contribution in [1.82, 2.24) is 4.98 Å². The van der Waals surface area contributed by atoms with Gasteiger partial charge in [-0.15, -0.1) is 0 Å². The van der Waals surface area contributed by atoms with Gasteiger partial charge in [0.15, 0.2) is 12.7 Å². The Kier molecular flexibility index (Phi) is 17.5. The van der Waals surface area contributed by atoms with Crippen LogP contribution in [0.5, 0.6) is 0 Å². The molecule has 0 saturated heterocycles. The van der Waals surface area contributed by atoms with Crippen LogP contribution in [0.3, 0.4) is 0 Å². The number of esters is 1. The fraction of sp³-hybridized carbons (Fsp3) is 0.222. The van der Waals surface area contributed by atoms with Crippen LogP contribution in [0.15, 0.2) is 122 Å². The van der Waals surface area contributed by atoms with E-state index in [0.717, 1.165) is 5.56 Å². The third-order valence-electron chi connectivity index (χ3n) is 10.8. The maximum Gasteiger partial charge on any atom is 0.416 e. The molecule has 4 nitrogen and oxygen atoms in total. The molecule has 0 amide bonds. The molecule has 1 heterocycles. The van der Waals surface area contributed by atoms with Gasteiger partial charge in [0.05, 0.1) is 50.7 Å². The van der Waals surface area contributed by atoms with Crippen molar-refractivity contribution in [2.24, 2.45) is 0 Å². The molecule has 0 spiro atoms. The van der Waals surface area contributed by atoms with Crippen LogP contribution in [0, 0.1) is 0 Å². The molecule has 5 aromatic carbocycles. The molecular weight excluding hydrogens is 1310 g/mol.